The van der Waals surface area contributed by atoms with Crippen LogP contribution in [0.3, 0.4) is 0 Å². The van der Waals surface area contributed by atoms with Crippen molar-refractivity contribution in [3.05, 3.63) is 33.6 Å². The standard InChI is InChI=1S/C13H15N3O5/c1-8-11(5-10(6-14-8)16(20)21)12(17)15-4-2-3-9(7-15)13(18)19/h5-6,9H,2-4,7H2,1H3,(H,18,19). The molecular weight excluding hydrogens is 278 g/mol. The third kappa shape index (κ3) is 3.15. The van der Waals surface area contributed by atoms with Gasteiger partial charge in [-0.25, -0.2) is 0 Å². The van der Waals surface area contributed by atoms with Crippen LogP contribution in [-0.4, -0.2) is 44.9 Å². The topological polar surface area (TPSA) is 114 Å². The highest BCUT2D eigenvalue weighted by atomic mass is 16.6. The number of nitrogens with zero attached hydrogens (tertiary/aromatic N) is 3. The van der Waals surface area contributed by atoms with Crippen LogP contribution in [0.25, 0.3) is 0 Å². The van der Waals surface area contributed by atoms with Crippen molar-refractivity contribution in [3.63, 3.8) is 0 Å². The van der Waals surface area contributed by atoms with Gasteiger partial charge in [0, 0.05) is 19.2 Å². The van der Waals surface area contributed by atoms with Gasteiger partial charge in [-0.2, -0.15) is 0 Å². The summed E-state index contributed by atoms with van der Waals surface area (Å²) in [5.74, 6) is -1.93. The van der Waals surface area contributed by atoms with Crippen LogP contribution in [0.5, 0.6) is 0 Å². The lowest BCUT2D eigenvalue weighted by molar-refractivity contribution is -0.385. The zero-order valence-corrected chi connectivity index (χ0v) is 11.5. The number of carboxylic acid groups (broad SMARTS) is 1. The molecule has 1 N–H and O–H groups in total. The van der Waals surface area contributed by atoms with Gasteiger partial charge in [0.2, 0.25) is 0 Å². The van der Waals surface area contributed by atoms with E-state index in [0.29, 0.717) is 25.1 Å². The van der Waals surface area contributed by atoms with Crippen LogP contribution in [-0.2, 0) is 4.79 Å². The number of carbonyl (C=O) groups is 2. The van der Waals surface area contributed by atoms with E-state index in [4.69, 9.17) is 5.11 Å². The summed E-state index contributed by atoms with van der Waals surface area (Å²) in [6, 6.07) is 1.19. The number of aryl methyl sites for hydroxylation is 1. The average Bonchev–Trinajstić information content (AvgIpc) is 2.47. The summed E-state index contributed by atoms with van der Waals surface area (Å²) < 4.78 is 0. The van der Waals surface area contributed by atoms with E-state index in [-0.39, 0.29) is 17.8 Å². The number of piperidine rings is 1. The average molecular weight is 293 g/mol. The van der Waals surface area contributed by atoms with Gasteiger partial charge in [0.05, 0.1) is 22.1 Å². The molecular formula is C13H15N3O5. The molecule has 0 aromatic carbocycles. The highest BCUT2D eigenvalue weighted by Gasteiger charge is 2.30. The first-order chi connectivity index (χ1) is 9.90. The highest BCUT2D eigenvalue weighted by molar-refractivity contribution is 5.96. The molecule has 1 saturated heterocycles. The number of nitro groups is 1. The lowest BCUT2D eigenvalue weighted by Gasteiger charge is -2.30. The van der Waals surface area contributed by atoms with E-state index in [1.165, 1.54) is 11.0 Å². The van der Waals surface area contributed by atoms with Crippen LogP contribution in [0.1, 0.15) is 28.9 Å². The van der Waals surface area contributed by atoms with Crippen LogP contribution in [0, 0.1) is 23.0 Å². The number of carboxylic acids is 1. The summed E-state index contributed by atoms with van der Waals surface area (Å²) in [5.41, 5.74) is 0.286. The van der Waals surface area contributed by atoms with Crippen molar-refractivity contribution in [2.24, 2.45) is 5.92 Å². The van der Waals surface area contributed by atoms with Crippen LogP contribution in [0.4, 0.5) is 5.69 Å². The number of amides is 1. The van der Waals surface area contributed by atoms with Crippen LogP contribution in [0.2, 0.25) is 0 Å². The zero-order valence-electron chi connectivity index (χ0n) is 11.5. The molecule has 0 radical (unpaired) electrons. The van der Waals surface area contributed by atoms with Gasteiger partial charge in [-0.3, -0.25) is 24.7 Å². The first kappa shape index (κ1) is 14.9. The number of pyridine rings is 1. The number of aliphatic carboxylic acids is 1. The zero-order chi connectivity index (χ0) is 15.6. The van der Waals surface area contributed by atoms with Crippen molar-refractivity contribution in [2.45, 2.75) is 19.8 Å². The predicted octanol–water partition coefficient (Wildman–Crippen LogP) is 1.24. The Balaban J connectivity index is 2.25. The lowest BCUT2D eigenvalue weighted by atomic mass is 9.97. The smallest absolute Gasteiger partial charge is 0.308 e. The fourth-order valence-electron chi connectivity index (χ4n) is 2.37. The van der Waals surface area contributed by atoms with E-state index in [9.17, 15) is 19.7 Å². The normalized spacial score (nSPS) is 18.3. The fraction of sp³-hybridized carbons (Fsp3) is 0.462. The number of carbonyl (C=O) groups excluding carboxylic acids is 1. The van der Waals surface area contributed by atoms with Gasteiger partial charge in [-0.1, -0.05) is 0 Å². The molecule has 112 valence electrons. The number of hydrogen-bond donors (Lipinski definition) is 1. The molecule has 8 heteroatoms. The van der Waals surface area contributed by atoms with Crippen molar-refractivity contribution in [1.29, 1.82) is 0 Å². The van der Waals surface area contributed by atoms with Crippen molar-refractivity contribution >= 4 is 17.6 Å². The molecule has 2 rings (SSSR count). The van der Waals surface area contributed by atoms with Gasteiger partial charge >= 0.3 is 5.97 Å². The van der Waals surface area contributed by atoms with Gasteiger partial charge in [-0.15, -0.1) is 0 Å². The largest absolute Gasteiger partial charge is 0.481 e. The second kappa shape index (κ2) is 5.86. The summed E-state index contributed by atoms with van der Waals surface area (Å²) in [4.78, 5) is 38.9. The van der Waals surface area contributed by atoms with E-state index >= 15 is 0 Å². The van der Waals surface area contributed by atoms with Crippen molar-refractivity contribution < 1.29 is 19.6 Å². The SMILES string of the molecule is Cc1ncc([N+](=O)[O-])cc1C(=O)N1CCCC(C(=O)O)C1. The molecule has 2 heterocycles. The van der Waals surface area contributed by atoms with Crippen molar-refractivity contribution in [2.75, 3.05) is 13.1 Å². The Labute approximate surface area is 120 Å². The van der Waals surface area contributed by atoms with Gasteiger partial charge < -0.3 is 10.0 Å². The van der Waals surface area contributed by atoms with Gasteiger partial charge in [-0.05, 0) is 19.8 Å². The van der Waals surface area contributed by atoms with Crippen LogP contribution < -0.4 is 0 Å². The molecule has 0 bridgehead atoms. The van der Waals surface area contributed by atoms with Crippen LogP contribution >= 0.6 is 0 Å². The van der Waals surface area contributed by atoms with Gasteiger partial charge in [0.25, 0.3) is 11.6 Å². The van der Waals surface area contributed by atoms with Crippen LogP contribution in [0.15, 0.2) is 12.3 Å². The molecule has 1 aliphatic heterocycles. The van der Waals surface area contributed by atoms with E-state index < -0.39 is 22.7 Å². The lowest BCUT2D eigenvalue weighted by Crippen LogP contribution is -2.42. The summed E-state index contributed by atoms with van der Waals surface area (Å²) >= 11 is 0. The monoisotopic (exact) mass is 293 g/mol. The molecule has 1 fully saturated rings. The molecule has 1 atom stereocenters. The Kier molecular flexibility index (Phi) is 4.15. The molecule has 21 heavy (non-hydrogen) atoms. The first-order valence-corrected chi connectivity index (χ1v) is 6.53. The Morgan fingerprint density at radius 2 is 2.24 bits per heavy atom. The molecule has 1 aromatic rings. The Hall–Kier alpha value is -2.51. The van der Waals surface area contributed by atoms with E-state index in [1.54, 1.807) is 6.92 Å². The molecule has 1 unspecified atom stereocenters. The summed E-state index contributed by atoms with van der Waals surface area (Å²) in [6.45, 7) is 2.16. The Bertz CT molecular complexity index is 601. The number of hydrogen-bond acceptors (Lipinski definition) is 5. The maximum absolute atomic E-state index is 12.4. The molecule has 8 nitrogen and oxygen atoms in total. The molecule has 1 aliphatic rings. The summed E-state index contributed by atoms with van der Waals surface area (Å²) in [6.07, 6.45) is 2.23. The third-order valence-corrected chi connectivity index (χ3v) is 3.57. The maximum Gasteiger partial charge on any atom is 0.308 e. The third-order valence-electron chi connectivity index (χ3n) is 3.57. The molecule has 0 spiro atoms. The maximum atomic E-state index is 12.4. The minimum Gasteiger partial charge on any atom is -0.481 e. The second-order valence-electron chi connectivity index (χ2n) is 5.01. The van der Waals surface area contributed by atoms with E-state index in [2.05, 4.69) is 4.98 Å². The fourth-order valence-corrected chi connectivity index (χ4v) is 2.37. The highest BCUT2D eigenvalue weighted by Crippen LogP contribution is 2.21. The van der Waals surface area contributed by atoms with E-state index in [0.717, 1.165) is 6.20 Å². The Morgan fingerprint density at radius 1 is 1.52 bits per heavy atom. The van der Waals surface area contributed by atoms with E-state index in [1.807, 2.05) is 0 Å². The number of likely N-dealkylation sites (tertiary alicyclic amines) is 1. The molecule has 1 amide bonds. The second-order valence-corrected chi connectivity index (χ2v) is 5.01. The first-order valence-electron chi connectivity index (χ1n) is 6.53. The summed E-state index contributed by atoms with van der Waals surface area (Å²) in [5, 5.41) is 19.8. The minimum absolute atomic E-state index is 0.121. The molecule has 1 aromatic heterocycles. The molecule has 0 aliphatic carbocycles. The minimum atomic E-state index is -0.929. The molecule has 0 saturated carbocycles. The number of rotatable bonds is 3. The van der Waals surface area contributed by atoms with Crippen molar-refractivity contribution in [3.8, 4) is 0 Å². The van der Waals surface area contributed by atoms with Crippen molar-refractivity contribution in [1.82, 2.24) is 9.88 Å². The Morgan fingerprint density at radius 3 is 2.86 bits per heavy atom. The number of aromatic nitrogens is 1. The quantitative estimate of drug-likeness (QED) is 0.662. The predicted molar refractivity (Wildman–Crippen MR) is 71.9 cm³/mol. The van der Waals surface area contributed by atoms with Gasteiger partial charge in [0.1, 0.15) is 6.20 Å². The summed E-state index contributed by atoms with van der Waals surface area (Å²) in [7, 11) is 0. The van der Waals surface area contributed by atoms with Gasteiger partial charge in [0.15, 0.2) is 0 Å².